The zero-order chi connectivity index (χ0) is 8.72. The molecule has 1 heterocycles. The SMILES string of the molecule is Cc1cc2occ(C)c2cc1F. The molecular weight excluding hydrogens is 155 g/mol. The van der Waals surface area contributed by atoms with Crippen LogP contribution < -0.4 is 0 Å². The third-order valence-corrected chi connectivity index (χ3v) is 2.05. The molecule has 0 aliphatic heterocycles. The maximum absolute atomic E-state index is 13.1. The van der Waals surface area contributed by atoms with E-state index in [2.05, 4.69) is 0 Å². The zero-order valence-electron chi connectivity index (χ0n) is 7.02. The Morgan fingerprint density at radius 2 is 1.92 bits per heavy atom. The Hall–Kier alpha value is -1.31. The fraction of sp³-hybridized carbons (Fsp3) is 0.200. The largest absolute Gasteiger partial charge is 0.464 e. The van der Waals surface area contributed by atoms with Gasteiger partial charge >= 0.3 is 0 Å². The van der Waals surface area contributed by atoms with Gasteiger partial charge in [-0.3, -0.25) is 0 Å². The highest BCUT2D eigenvalue weighted by molar-refractivity contribution is 5.81. The standard InChI is InChI=1S/C10H9FO/c1-6-3-10-8(4-9(6)11)7(2)5-12-10/h3-5H,1-2H3. The molecule has 0 saturated heterocycles. The van der Waals surface area contributed by atoms with E-state index in [0.29, 0.717) is 5.56 Å². The minimum Gasteiger partial charge on any atom is -0.464 e. The van der Waals surface area contributed by atoms with Gasteiger partial charge in [0.1, 0.15) is 11.4 Å². The third-order valence-electron chi connectivity index (χ3n) is 2.05. The predicted molar refractivity (Wildman–Crippen MR) is 45.6 cm³/mol. The van der Waals surface area contributed by atoms with Crippen molar-refractivity contribution >= 4 is 11.0 Å². The number of rotatable bonds is 0. The number of aryl methyl sites for hydroxylation is 2. The van der Waals surface area contributed by atoms with Gasteiger partial charge in [0.25, 0.3) is 0 Å². The fourth-order valence-corrected chi connectivity index (χ4v) is 1.28. The molecule has 12 heavy (non-hydrogen) atoms. The minimum atomic E-state index is -0.174. The summed E-state index contributed by atoms with van der Waals surface area (Å²) in [6.07, 6.45) is 1.64. The van der Waals surface area contributed by atoms with Crippen LogP contribution in [-0.4, -0.2) is 0 Å². The Kier molecular flexibility index (Phi) is 1.43. The predicted octanol–water partition coefficient (Wildman–Crippen LogP) is 3.19. The van der Waals surface area contributed by atoms with E-state index in [-0.39, 0.29) is 5.82 Å². The molecule has 0 bridgehead atoms. The Labute approximate surface area is 69.8 Å². The van der Waals surface area contributed by atoms with Gasteiger partial charge in [-0.2, -0.15) is 0 Å². The number of fused-ring (bicyclic) bond motifs is 1. The summed E-state index contributed by atoms with van der Waals surface area (Å²) in [4.78, 5) is 0. The van der Waals surface area contributed by atoms with Crippen molar-refractivity contribution in [2.45, 2.75) is 13.8 Å². The van der Waals surface area contributed by atoms with Gasteiger partial charge in [-0.15, -0.1) is 0 Å². The number of halogens is 1. The lowest BCUT2D eigenvalue weighted by Gasteiger charge is -1.95. The van der Waals surface area contributed by atoms with E-state index in [1.165, 1.54) is 6.07 Å². The van der Waals surface area contributed by atoms with Crippen molar-refractivity contribution in [3.8, 4) is 0 Å². The molecule has 0 amide bonds. The van der Waals surface area contributed by atoms with Gasteiger partial charge in [-0.05, 0) is 37.1 Å². The first-order valence-corrected chi connectivity index (χ1v) is 3.82. The maximum Gasteiger partial charge on any atom is 0.134 e. The molecule has 2 heteroatoms. The van der Waals surface area contributed by atoms with Gasteiger partial charge < -0.3 is 4.42 Å². The van der Waals surface area contributed by atoms with Gasteiger partial charge in [0, 0.05) is 5.39 Å². The lowest BCUT2D eigenvalue weighted by atomic mass is 10.1. The summed E-state index contributed by atoms with van der Waals surface area (Å²) < 4.78 is 18.3. The number of benzene rings is 1. The maximum atomic E-state index is 13.1. The highest BCUT2D eigenvalue weighted by Crippen LogP contribution is 2.23. The van der Waals surface area contributed by atoms with E-state index in [0.717, 1.165) is 16.5 Å². The van der Waals surface area contributed by atoms with Crippen LogP contribution in [0.15, 0.2) is 22.8 Å². The fourth-order valence-electron chi connectivity index (χ4n) is 1.28. The van der Waals surface area contributed by atoms with Crippen LogP contribution >= 0.6 is 0 Å². The van der Waals surface area contributed by atoms with E-state index in [4.69, 9.17) is 4.42 Å². The lowest BCUT2D eigenvalue weighted by Crippen LogP contribution is -1.80. The van der Waals surface area contributed by atoms with Crippen LogP contribution in [0.2, 0.25) is 0 Å². The summed E-state index contributed by atoms with van der Waals surface area (Å²) >= 11 is 0. The van der Waals surface area contributed by atoms with Crippen LogP contribution in [0, 0.1) is 19.7 Å². The Morgan fingerprint density at radius 3 is 2.67 bits per heavy atom. The zero-order valence-corrected chi connectivity index (χ0v) is 7.02. The van der Waals surface area contributed by atoms with Gasteiger partial charge in [-0.1, -0.05) is 0 Å². The van der Waals surface area contributed by atoms with Crippen LogP contribution in [0.3, 0.4) is 0 Å². The smallest absolute Gasteiger partial charge is 0.134 e. The average molecular weight is 164 g/mol. The molecule has 2 rings (SSSR count). The molecule has 0 unspecified atom stereocenters. The molecular formula is C10H9FO. The molecule has 2 aromatic rings. The summed E-state index contributed by atoms with van der Waals surface area (Å²) in [5.41, 5.74) is 2.35. The van der Waals surface area contributed by atoms with Gasteiger partial charge in [-0.25, -0.2) is 4.39 Å². The first kappa shape index (κ1) is 7.35. The van der Waals surface area contributed by atoms with Crippen LogP contribution in [0.4, 0.5) is 4.39 Å². The van der Waals surface area contributed by atoms with Gasteiger partial charge in [0.05, 0.1) is 6.26 Å². The molecule has 0 fully saturated rings. The molecule has 0 aliphatic rings. The average Bonchev–Trinajstić information content (AvgIpc) is 2.35. The molecule has 1 nitrogen and oxygen atoms in total. The van der Waals surface area contributed by atoms with Crippen molar-refractivity contribution in [2.75, 3.05) is 0 Å². The molecule has 1 aromatic heterocycles. The minimum absolute atomic E-state index is 0.174. The van der Waals surface area contributed by atoms with Crippen molar-refractivity contribution in [1.29, 1.82) is 0 Å². The number of hydrogen-bond acceptors (Lipinski definition) is 1. The topological polar surface area (TPSA) is 13.1 Å². The number of furan rings is 1. The van der Waals surface area contributed by atoms with E-state index in [9.17, 15) is 4.39 Å². The summed E-state index contributed by atoms with van der Waals surface area (Å²) in [6, 6.07) is 3.24. The van der Waals surface area contributed by atoms with Crippen molar-refractivity contribution in [3.63, 3.8) is 0 Å². The van der Waals surface area contributed by atoms with Gasteiger partial charge in [0.15, 0.2) is 0 Å². The molecule has 0 atom stereocenters. The van der Waals surface area contributed by atoms with Crippen molar-refractivity contribution in [1.82, 2.24) is 0 Å². The lowest BCUT2D eigenvalue weighted by molar-refractivity contribution is 0.604. The highest BCUT2D eigenvalue weighted by Gasteiger charge is 2.05. The molecule has 62 valence electrons. The highest BCUT2D eigenvalue weighted by atomic mass is 19.1. The van der Waals surface area contributed by atoms with E-state index in [1.807, 2.05) is 6.92 Å². The first-order chi connectivity index (χ1) is 5.68. The van der Waals surface area contributed by atoms with Gasteiger partial charge in [0.2, 0.25) is 0 Å². The second kappa shape index (κ2) is 2.34. The van der Waals surface area contributed by atoms with E-state index in [1.54, 1.807) is 19.3 Å². The summed E-state index contributed by atoms with van der Waals surface area (Å²) in [5, 5.41) is 0.859. The molecule has 0 spiro atoms. The molecule has 0 radical (unpaired) electrons. The molecule has 0 aliphatic carbocycles. The molecule has 1 aromatic carbocycles. The second-order valence-electron chi connectivity index (χ2n) is 3.02. The van der Waals surface area contributed by atoms with Crippen LogP contribution in [0.25, 0.3) is 11.0 Å². The summed E-state index contributed by atoms with van der Waals surface area (Å²) in [6.45, 7) is 3.63. The Bertz CT molecular complexity index is 429. The molecule has 0 saturated carbocycles. The third kappa shape index (κ3) is 0.916. The second-order valence-corrected chi connectivity index (χ2v) is 3.02. The Balaban J connectivity index is 2.87. The van der Waals surface area contributed by atoms with E-state index >= 15 is 0 Å². The summed E-state index contributed by atoms with van der Waals surface area (Å²) in [7, 11) is 0. The number of hydrogen-bond donors (Lipinski definition) is 0. The van der Waals surface area contributed by atoms with Crippen LogP contribution in [0.5, 0.6) is 0 Å². The van der Waals surface area contributed by atoms with Crippen molar-refractivity contribution in [2.24, 2.45) is 0 Å². The van der Waals surface area contributed by atoms with Crippen LogP contribution in [-0.2, 0) is 0 Å². The summed E-state index contributed by atoms with van der Waals surface area (Å²) in [5.74, 6) is -0.174. The quantitative estimate of drug-likeness (QED) is 0.582. The van der Waals surface area contributed by atoms with Crippen molar-refractivity contribution in [3.05, 3.63) is 35.3 Å². The monoisotopic (exact) mass is 164 g/mol. The van der Waals surface area contributed by atoms with E-state index < -0.39 is 0 Å². The normalized spacial score (nSPS) is 10.9. The van der Waals surface area contributed by atoms with Crippen LogP contribution in [0.1, 0.15) is 11.1 Å². The van der Waals surface area contributed by atoms with Crippen molar-refractivity contribution < 1.29 is 8.81 Å². The first-order valence-electron chi connectivity index (χ1n) is 3.82. The Morgan fingerprint density at radius 1 is 1.17 bits per heavy atom. The molecule has 0 N–H and O–H groups in total.